The van der Waals surface area contributed by atoms with E-state index in [-0.39, 0.29) is 12.0 Å². The predicted octanol–water partition coefficient (Wildman–Crippen LogP) is 5.67. The van der Waals surface area contributed by atoms with Crippen LogP contribution in [0.3, 0.4) is 0 Å². The topological polar surface area (TPSA) is 83.8 Å². The molecule has 0 saturated carbocycles. The lowest BCUT2D eigenvalue weighted by molar-refractivity contribution is 0.0857. The van der Waals surface area contributed by atoms with Crippen LogP contribution >= 0.6 is 11.3 Å². The van der Waals surface area contributed by atoms with Crippen molar-refractivity contribution in [1.82, 2.24) is 14.9 Å². The zero-order chi connectivity index (χ0) is 27.9. The summed E-state index contributed by atoms with van der Waals surface area (Å²) < 4.78 is 24.3. The third-order valence-corrected chi connectivity index (χ3v) is 7.97. The summed E-state index contributed by atoms with van der Waals surface area (Å²) in [5.41, 5.74) is 4.51. The highest BCUT2D eigenvalue weighted by Gasteiger charge is 2.22. The Kier molecular flexibility index (Phi) is 9.03. The lowest BCUT2D eigenvalue weighted by Crippen LogP contribution is -2.32. The van der Waals surface area contributed by atoms with Crippen LogP contribution in [0.25, 0.3) is 11.4 Å². The molecule has 0 spiro atoms. The summed E-state index contributed by atoms with van der Waals surface area (Å²) in [4.78, 5) is 18.1. The molecule has 1 N–H and O–H groups in total. The molecule has 8 nitrogen and oxygen atoms in total. The Morgan fingerprint density at radius 2 is 1.77 bits per heavy atom. The number of methoxy groups -OCH3 is 2. The molecule has 210 valence electrons. The predicted molar refractivity (Wildman–Crippen MR) is 156 cm³/mol. The van der Waals surface area contributed by atoms with Gasteiger partial charge in [0.25, 0.3) is 5.91 Å². The monoisotopic (exact) mass is 561 g/mol. The summed E-state index contributed by atoms with van der Waals surface area (Å²) in [6.07, 6.45) is 2.92. The molecule has 1 aliphatic rings. The van der Waals surface area contributed by atoms with Crippen molar-refractivity contribution in [2.45, 2.75) is 45.4 Å². The van der Waals surface area contributed by atoms with Crippen LogP contribution in [0.2, 0.25) is 0 Å². The first kappa shape index (κ1) is 27.7. The fourth-order valence-electron chi connectivity index (χ4n) is 4.83. The van der Waals surface area contributed by atoms with Gasteiger partial charge in [-0.25, -0.2) is 4.98 Å². The van der Waals surface area contributed by atoms with Crippen LogP contribution in [-0.4, -0.2) is 48.9 Å². The van der Waals surface area contributed by atoms with Crippen molar-refractivity contribution in [2.75, 3.05) is 27.4 Å². The maximum atomic E-state index is 13.2. The van der Waals surface area contributed by atoms with Crippen LogP contribution in [0.1, 0.15) is 39.5 Å². The van der Waals surface area contributed by atoms with Gasteiger partial charge in [0.05, 0.1) is 37.3 Å². The van der Waals surface area contributed by atoms with Crippen molar-refractivity contribution in [2.24, 2.45) is 0 Å². The molecular formula is C31H35N3O5S. The van der Waals surface area contributed by atoms with Crippen molar-refractivity contribution < 1.29 is 23.7 Å². The van der Waals surface area contributed by atoms with E-state index in [0.717, 1.165) is 65.2 Å². The van der Waals surface area contributed by atoms with Crippen molar-refractivity contribution >= 4 is 17.2 Å². The lowest BCUT2D eigenvalue weighted by Gasteiger charge is -2.12. The third kappa shape index (κ3) is 6.66. The molecule has 4 aromatic rings. The van der Waals surface area contributed by atoms with Gasteiger partial charge in [-0.3, -0.25) is 4.79 Å². The van der Waals surface area contributed by atoms with Crippen LogP contribution < -0.4 is 19.5 Å². The minimum absolute atomic E-state index is 0.0873. The van der Waals surface area contributed by atoms with E-state index in [4.69, 9.17) is 23.9 Å². The number of thiazole rings is 1. The largest absolute Gasteiger partial charge is 0.497 e. The van der Waals surface area contributed by atoms with Gasteiger partial charge in [0.1, 0.15) is 28.9 Å². The fraction of sp³-hybridized carbons (Fsp3) is 0.355. The van der Waals surface area contributed by atoms with Gasteiger partial charge < -0.3 is 28.8 Å². The number of hydrogen-bond donors (Lipinski definition) is 1. The summed E-state index contributed by atoms with van der Waals surface area (Å²) in [5.74, 6) is 2.28. The average Bonchev–Trinajstić information content (AvgIpc) is 3.75. The number of carbonyl (C=O) groups excluding carboxylic acids is 1. The molecule has 1 saturated heterocycles. The van der Waals surface area contributed by atoms with Gasteiger partial charge >= 0.3 is 0 Å². The van der Waals surface area contributed by atoms with E-state index in [1.165, 1.54) is 5.56 Å². The molecule has 3 heterocycles. The van der Waals surface area contributed by atoms with E-state index >= 15 is 0 Å². The number of carbonyl (C=O) groups is 1. The van der Waals surface area contributed by atoms with Gasteiger partial charge in [0, 0.05) is 30.8 Å². The molecule has 2 aromatic heterocycles. The highest BCUT2D eigenvalue weighted by Crippen LogP contribution is 2.29. The molecule has 1 amide bonds. The maximum Gasteiger partial charge on any atom is 0.253 e. The number of benzene rings is 2. The second-order valence-electron chi connectivity index (χ2n) is 9.71. The van der Waals surface area contributed by atoms with Gasteiger partial charge in [0.2, 0.25) is 0 Å². The summed E-state index contributed by atoms with van der Waals surface area (Å²) in [5, 5.41) is 5.96. The molecule has 1 fully saturated rings. The van der Waals surface area contributed by atoms with Crippen molar-refractivity contribution in [3.05, 3.63) is 81.8 Å². The Morgan fingerprint density at radius 1 is 1.07 bits per heavy atom. The average molecular weight is 562 g/mol. The van der Waals surface area contributed by atoms with Crippen LogP contribution in [0.4, 0.5) is 0 Å². The number of aromatic nitrogens is 2. The summed E-state index contributed by atoms with van der Waals surface area (Å²) in [6.45, 7) is 4.35. The molecule has 40 heavy (non-hydrogen) atoms. The van der Waals surface area contributed by atoms with E-state index < -0.39 is 0 Å². The van der Waals surface area contributed by atoms with Crippen molar-refractivity contribution in [3.8, 4) is 28.6 Å². The summed E-state index contributed by atoms with van der Waals surface area (Å²) in [7, 11) is 3.31. The Labute approximate surface area is 238 Å². The van der Waals surface area contributed by atoms with Gasteiger partial charge in [-0.05, 0) is 74.2 Å². The Balaban J connectivity index is 1.34. The second kappa shape index (κ2) is 13.0. The van der Waals surface area contributed by atoms with Crippen molar-refractivity contribution in [3.63, 3.8) is 0 Å². The molecule has 2 aromatic carbocycles. The number of amides is 1. The van der Waals surface area contributed by atoms with Gasteiger partial charge in [0.15, 0.2) is 0 Å². The third-order valence-electron chi connectivity index (χ3n) is 7.14. The molecule has 1 unspecified atom stereocenters. The van der Waals surface area contributed by atoms with E-state index in [9.17, 15) is 4.79 Å². The van der Waals surface area contributed by atoms with E-state index in [0.29, 0.717) is 25.3 Å². The van der Waals surface area contributed by atoms with Gasteiger partial charge in [-0.1, -0.05) is 12.1 Å². The highest BCUT2D eigenvalue weighted by molar-refractivity contribution is 7.09. The number of aryl methyl sites for hydroxylation is 1. The minimum atomic E-state index is -0.0873. The number of nitrogens with zero attached hydrogens (tertiary/aromatic N) is 2. The van der Waals surface area contributed by atoms with Crippen molar-refractivity contribution in [1.29, 1.82) is 0 Å². The highest BCUT2D eigenvalue weighted by atomic mass is 32.1. The van der Waals surface area contributed by atoms with Crippen LogP contribution in [0.5, 0.6) is 17.2 Å². The SMILES string of the molecule is COc1ccc(CCn2c(-c3csc(COc4ccc(OC)cc4)n3)cc(C(=O)NCC3CCCO3)c2C)cc1. The molecule has 5 rings (SSSR count). The van der Waals surface area contributed by atoms with E-state index in [1.807, 2.05) is 54.8 Å². The van der Waals surface area contributed by atoms with E-state index in [1.54, 1.807) is 25.6 Å². The standard InChI is InChI=1S/C31H35N3O5S/c1-21-27(31(35)32-18-26-5-4-16-38-26)17-29(34(21)15-14-22-6-8-23(36-2)9-7-22)28-20-40-30(33-28)19-39-25-12-10-24(37-3)11-13-25/h6-13,17,20,26H,4-5,14-16,18-19H2,1-3H3,(H,32,35). The molecule has 9 heteroatoms. The Morgan fingerprint density at radius 3 is 2.45 bits per heavy atom. The molecule has 1 atom stereocenters. The number of rotatable bonds is 12. The second-order valence-corrected chi connectivity index (χ2v) is 10.7. The molecule has 0 aliphatic carbocycles. The number of nitrogens with one attached hydrogen (secondary N) is 1. The summed E-state index contributed by atoms with van der Waals surface area (Å²) in [6, 6.07) is 17.5. The maximum absolute atomic E-state index is 13.2. The zero-order valence-electron chi connectivity index (χ0n) is 23.1. The molecule has 0 radical (unpaired) electrons. The lowest BCUT2D eigenvalue weighted by atomic mass is 10.1. The van der Waals surface area contributed by atoms with Gasteiger partial charge in [-0.2, -0.15) is 0 Å². The Hall–Kier alpha value is -3.82. The minimum Gasteiger partial charge on any atom is -0.497 e. The van der Waals surface area contributed by atoms with Gasteiger partial charge in [-0.15, -0.1) is 11.3 Å². The van der Waals surface area contributed by atoms with Crippen LogP contribution in [0, 0.1) is 6.92 Å². The zero-order valence-corrected chi connectivity index (χ0v) is 24.0. The number of ether oxygens (including phenoxy) is 4. The molecule has 1 aliphatic heterocycles. The molecule has 0 bridgehead atoms. The van der Waals surface area contributed by atoms with E-state index in [2.05, 4.69) is 22.0 Å². The first-order chi connectivity index (χ1) is 19.5. The first-order valence-electron chi connectivity index (χ1n) is 13.5. The fourth-order valence-corrected chi connectivity index (χ4v) is 5.53. The Bertz CT molecular complexity index is 1410. The van der Waals surface area contributed by atoms with Crippen LogP contribution in [0.15, 0.2) is 60.0 Å². The number of hydrogen-bond acceptors (Lipinski definition) is 7. The normalized spacial score (nSPS) is 14.7. The van der Waals surface area contributed by atoms with Crippen LogP contribution in [-0.2, 0) is 24.3 Å². The first-order valence-corrected chi connectivity index (χ1v) is 14.4. The summed E-state index contributed by atoms with van der Waals surface area (Å²) >= 11 is 1.54. The molecular weight excluding hydrogens is 526 g/mol. The smallest absolute Gasteiger partial charge is 0.253 e. The quantitative estimate of drug-likeness (QED) is 0.240.